The maximum absolute atomic E-state index is 13.0. The Kier molecular flexibility index (Phi) is 6.19. The van der Waals surface area contributed by atoms with E-state index in [9.17, 15) is 26.3 Å². The minimum absolute atomic E-state index is 0.208. The average Bonchev–Trinajstić information content (AvgIpc) is 2.46. The molecule has 1 aromatic rings. The molecule has 9 heteroatoms. The van der Waals surface area contributed by atoms with Gasteiger partial charge in [0.25, 0.3) is 0 Å². The number of rotatable bonds is 4. The lowest BCUT2D eigenvalue weighted by atomic mass is 9.97. The monoisotopic (exact) mass is 418 g/mol. The molecule has 1 N–H and O–H groups in total. The largest absolute Gasteiger partial charge is 0.416 e. The van der Waals surface area contributed by atoms with E-state index in [4.69, 9.17) is 0 Å². The highest BCUT2D eigenvalue weighted by molar-refractivity contribution is 9.10. The molecule has 24 heavy (non-hydrogen) atoms. The van der Waals surface area contributed by atoms with Crippen molar-refractivity contribution in [3.63, 3.8) is 0 Å². The van der Waals surface area contributed by atoms with E-state index in [1.54, 1.807) is 0 Å². The van der Waals surface area contributed by atoms with Crippen LogP contribution in [0.1, 0.15) is 30.0 Å². The minimum atomic E-state index is -4.55. The van der Waals surface area contributed by atoms with Crippen LogP contribution in [0.15, 0.2) is 22.7 Å². The van der Waals surface area contributed by atoms with Gasteiger partial charge in [-0.05, 0) is 30.2 Å². The fourth-order valence-corrected chi connectivity index (χ4v) is 3.33. The van der Waals surface area contributed by atoms with E-state index in [2.05, 4.69) is 21.2 Å². The second-order valence-corrected chi connectivity index (χ2v) is 6.64. The summed E-state index contributed by atoms with van der Waals surface area (Å²) in [5.74, 6) is 0. The second-order valence-electron chi connectivity index (χ2n) is 5.73. The highest BCUT2D eigenvalue weighted by atomic mass is 79.9. The third-order valence-corrected chi connectivity index (χ3v) is 4.38. The number of hydrogen-bond acceptors (Lipinski definition) is 2. The summed E-state index contributed by atoms with van der Waals surface area (Å²) in [6, 6.07) is 2.65. The summed E-state index contributed by atoms with van der Waals surface area (Å²) in [7, 11) is 0. The van der Waals surface area contributed by atoms with E-state index in [1.165, 1.54) is 6.07 Å². The second kappa shape index (κ2) is 7.61. The van der Waals surface area contributed by atoms with Gasteiger partial charge in [0.1, 0.15) is 0 Å². The third-order valence-electron chi connectivity index (χ3n) is 3.93. The van der Waals surface area contributed by atoms with Gasteiger partial charge in [0.15, 0.2) is 0 Å². The molecule has 1 heterocycles. The van der Waals surface area contributed by atoms with E-state index in [0.717, 1.165) is 12.1 Å². The lowest BCUT2D eigenvalue weighted by Crippen LogP contribution is -2.45. The van der Waals surface area contributed by atoms with Crippen molar-refractivity contribution < 1.29 is 26.3 Å². The molecule has 0 aliphatic carbocycles. The van der Waals surface area contributed by atoms with Crippen molar-refractivity contribution in [2.24, 2.45) is 0 Å². The minimum Gasteiger partial charge on any atom is -0.314 e. The molecule has 1 aliphatic rings. The predicted molar refractivity (Wildman–Crippen MR) is 81.6 cm³/mol. The first-order valence-electron chi connectivity index (χ1n) is 7.45. The Hall–Kier alpha value is -0.800. The molecule has 0 radical (unpaired) electrons. The molecule has 1 fully saturated rings. The molecule has 0 aromatic heterocycles. The highest BCUT2D eigenvalue weighted by Crippen LogP contribution is 2.37. The van der Waals surface area contributed by atoms with Crippen LogP contribution in [0.2, 0.25) is 0 Å². The van der Waals surface area contributed by atoms with Gasteiger partial charge >= 0.3 is 12.4 Å². The molecular formula is C15H17BrF6N2. The fraction of sp³-hybridized carbons (Fsp3) is 0.600. The summed E-state index contributed by atoms with van der Waals surface area (Å²) in [5.41, 5.74) is -0.609. The Labute approximate surface area is 144 Å². The van der Waals surface area contributed by atoms with Gasteiger partial charge in [-0.25, -0.2) is 0 Å². The molecule has 0 bridgehead atoms. The first kappa shape index (κ1) is 19.5. The number of piperazine rings is 1. The lowest BCUT2D eigenvalue weighted by Gasteiger charge is -2.36. The van der Waals surface area contributed by atoms with E-state index in [0.29, 0.717) is 26.2 Å². The van der Waals surface area contributed by atoms with Crippen molar-refractivity contribution in [2.45, 2.75) is 31.2 Å². The van der Waals surface area contributed by atoms with Crippen molar-refractivity contribution >= 4 is 15.9 Å². The molecule has 136 valence electrons. The Morgan fingerprint density at radius 3 is 2.21 bits per heavy atom. The summed E-state index contributed by atoms with van der Waals surface area (Å²) in [4.78, 5) is 1.81. The van der Waals surface area contributed by atoms with Crippen molar-refractivity contribution in [2.75, 3.05) is 26.2 Å². The smallest absolute Gasteiger partial charge is 0.314 e. The Balaban J connectivity index is 2.33. The van der Waals surface area contributed by atoms with Crippen LogP contribution in [-0.4, -0.2) is 37.3 Å². The molecular weight excluding hydrogens is 402 g/mol. The lowest BCUT2D eigenvalue weighted by molar-refractivity contribution is -0.140. The zero-order valence-electron chi connectivity index (χ0n) is 12.6. The average molecular weight is 419 g/mol. The quantitative estimate of drug-likeness (QED) is 0.709. The normalized spacial score (nSPS) is 18.6. The zero-order chi connectivity index (χ0) is 18.0. The van der Waals surface area contributed by atoms with Gasteiger partial charge in [-0.2, -0.15) is 26.3 Å². The first-order valence-corrected chi connectivity index (χ1v) is 8.25. The van der Waals surface area contributed by atoms with Crippen LogP contribution < -0.4 is 5.32 Å². The van der Waals surface area contributed by atoms with Gasteiger partial charge in [-0.15, -0.1) is 0 Å². The molecule has 0 saturated carbocycles. The predicted octanol–water partition coefficient (Wildman–Crippen LogP) is 4.76. The fourth-order valence-electron chi connectivity index (χ4n) is 2.82. The topological polar surface area (TPSA) is 15.3 Å². The van der Waals surface area contributed by atoms with Crippen LogP contribution in [0.25, 0.3) is 0 Å². The molecule has 1 aliphatic heterocycles. The standard InChI is InChI=1S/C15H17BrF6N2/c16-12-8-10(7-11(9-12)15(20,21)22)13(1-2-14(17,18)19)24-5-3-23-4-6-24/h7-9,13,23H,1-6H2/t13-/m0/s1. The first-order chi connectivity index (χ1) is 11.1. The molecule has 1 aromatic carbocycles. The van der Waals surface area contributed by atoms with Gasteiger partial charge in [0.05, 0.1) is 5.56 Å². The van der Waals surface area contributed by atoms with Crippen LogP contribution in [0.3, 0.4) is 0 Å². The van der Waals surface area contributed by atoms with Crippen LogP contribution in [0.5, 0.6) is 0 Å². The zero-order valence-corrected chi connectivity index (χ0v) is 14.2. The van der Waals surface area contributed by atoms with Gasteiger partial charge in [0.2, 0.25) is 0 Å². The Morgan fingerprint density at radius 1 is 1.04 bits per heavy atom. The number of nitrogens with one attached hydrogen (secondary N) is 1. The number of halogens is 7. The molecule has 0 spiro atoms. The number of alkyl halides is 6. The maximum atomic E-state index is 13.0. The van der Waals surface area contributed by atoms with Gasteiger partial charge < -0.3 is 5.32 Å². The summed E-state index contributed by atoms with van der Waals surface area (Å²) in [6.45, 7) is 2.19. The highest BCUT2D eigenvalue weighted by Gasteiger charge is 2.34. The van der Waals surface area contributed by atoms with Crippen LogP contribution >= 0.6 is 15.9 Å². The summed E-state index contributed by atoms with van der Waals surface area (Å²) in [6.07, 6.45) is -10.2. The van der Waals surface area contributed by atoms with Crippen LogP contribution in [-0.2, 0) is 6.18 Å². The van der Waals surface area contributed by atoms with Crippen molar-refractivity contribution in [3.05, 3.63) is 33.8 Å². The van der Waals surface area contributed by atoms with Gasteiger partial charge in [-0.3, -0.25) is 4.90 Å². The van der Waals surface area contributed by atoms with Crippen molar-refractivity contribution in [3.8, 4) is 0 Å². The van der Waals surface area contributed by atoms with Gasteiger partial charge in [0, 0.05) is 43.1 Å². The van der Waals surface area contributed by atoms with Crippen LogP contribution in [0.4, 0.5) is 26.3 Å². The summed E-state index contributed by atoms with van der Waals surface area (Å²) in [5, 5.41) is 3.09. The maximum Gasteiger partial charge on any atom is 0.416 e. The van der Waals surface area contributed by atoms with E-state index in [-0.39, 0.29) is 16.5 Å². The SMILES string of the molecule is FC(F)(F)CC[C@@H](c1cc(Br)cc(C(F)(F)F)c1)N1CCNCC1. The number of benzene rings is 1. The summed E-state index contributed by atoms with van der Waals surface area (Å²) < 4.78 is 77.1. The molecule has 2 rings (SSSR count). The third kappa shape index (κ3) is 5.63. The number of nitrogens with zero attached hydrogens (tertiary/aromatic N) is 1. The molecule has 1 atom stereocenters. The molecule has 1 saturated heterocycles. The number of hydrogen-bond donors (Lipinski definition) is 1. The van der Waals surface area contributed by atoms with Crippen molar-refractivity contribution in [1.82, 2.24) is 10.2 Å². The van der Waals surface area contributed by atoms with E-state index >= 15 is 0 Å². The van der Waals surface area contributed by atoms with E-state index in [1.807, 2.05) is 4.90 Å². The van der Waals surface area contributed by atoms with E-state index < -0.39 is 30.4 Å². The van der Waals surface area contributed by atoms with Crippen molar-refractivity contribution in [1.29, 1.82) is 0 Å². The molecule has 2 nitrogen and oxygen atoms in total. The molecule has 0 unspecified atom stereocenters. The molecule has 0 amide bonds. The van der Waals surface area contributed by atoms with Gasteiger partial charge in [-0.1, -0.05) is 15.9 Å². The Bertz CT molecular complexity index is 552. The Morgan fingerprint density at radius 2 is 1.67 bits per heavy atom. The van der Waals surface area contributed by atoms with Crippen LogP contribution in [0, 0.1) is 0 Å². The summed E-state index contributed by atoms with van der Waals surface area (Å²) >= 11 is 3.04.